The van der Waals surface area contributed by atoms with Crippen molar-refractivity contribution in [1.82, 2.24) is 0 Å². The molecule has 0 saturated carbocycles. The van der Waals surface area contributed by atoms with Crippen molar-refractivity contribution in [1.29, 1.82) is 0 Å². The molecular formula is HCl2NaNi. The topological polar surface area (TPSA) is 0 Å². The van der Waals surface area contributed by atoms with Crippen LogP contribution < -0.4 is 29.6 Å². The smallest absolute Gasteiger partial charge is 1.00 e. The zero-order valence-electron chi connectivity index (χ0n) is 3.07. The minimum absolute atomic E-state index is 0. The quantitative estimate of drug-likeness (QED) is 0.372. The fraction of sp³-hybridized carbons (Fsp3) is 0. The van der Waals surface area contributed by atoms with Crippen molar-refractivity contribution in [3.05, 3.63) is 0 Å². The molecule has 0 atom stereocenters. The molecule has 0 bridgehead atoms. The molecule has 0 fully saturated rings. The van der Waals surface area contributed by atoms with Crippen LogP contribution in [0.5, 0.6) is 0 Å². The van der Waals surface area contributed by atoms with E-state index in [1.807, 2.05) is 0 Å². The van der Waals surface area contributed by atoms with E-state index < -0.39 is 0 Å². The first-order chi connectivity index (χ1) is 1.41. The van der Waals surface area contributed by atoms with Gasteiger partial charge in [-0.15, -0.1) is 0 Å². The molecule has 0 N–H and O–H groups in total. The van der Waals surface area contributed by atoms with E-state index in [0.717, 1.165) is 0 Å². The van der Waals surface area contributed by atoms with Gasteiger partial charge in [0.15, 0.2) is 0 Å². The van der Waals surface area contributed by atoms with E-state index >= 15 is 0 Å². The number of hydrogen-bond donors (Lipinski definition) is 0. The van der Waals surface area contributed by atoms with Gasteiger partial charge in [-0.05, 0) is 0 Å². The van der Waals surface area contributed by atoms with Crippen LogP contribution in [-0.2, 0) is 12.7 Å². The monoisotopic (exact) mass is 152 g/mol. The van der Waals surface area contributed by atoms with Crippen LogP contribution in [0.1, 0.15) is 1.43 Å². The molecule has 0 radical (unpaired) electrons. The van der Waals surface area contributed by atoms with Crippen molar-refractivity contribution < 1.29 is 43.6 Å². The summed E-state index contributed by atoms with van der Waals surface area (Å²) in [6, 6.07) is 0. The molecule has 0 saturated heterocycles. The molecule has 0 aliphatic carbocycles. The number of rotatable bonds is 0. The van der Waals surface area contributed by atoms with Crippen molar-refractivity contribution in [3.63, 3.8) is 0 Å². The van der Waals surface area contributed by atoms with Crippen molar-refractivity contribution >= 4 is 20.4 Å². The van der Waals surface area contributed by atoms with Crippen LogP contribution in [0.25, 0.3) is 0 Å². The van der Waals surface area contributed by atoms with E-state index in [2.05, 4.69) is 0 Å². The van der Waals surface area contributed by atoms with E-state index in [1.165, 1.54) is 0 Å². The first kappa shape index (κ1) is 9.42. The van der Waals surface area contributed by atoms with Gasteiger partial charge in [-0.2, -0.15) is 0 Å². The van der Waals surface area contributed by atoms with Gasteiger partial charge in [-0.3, -0.25) is 0 Å². The zero-order chi connectivity index (χ0) is 2.71. The van der Waals surface area contributed by atoms with Gasteiger partial charge >= 0.3 is 62.6 Å². The van der Waals surface area contributed by atoms with Crippen LogP contribution in [0.2, 0.25) is 0 Å². The Labute approximate surface area is 63.4 Å². The summed E-state index contributed by atoms with van der Waals surface area (Å²) < 4.78 is 0. The minimum atomic E-state index is 0. The van der Waals surface area contributed by atoms with Gasteiger partial charge in [0.25, 0.3) is 0 Å². The molecule has 0 rings (SSSR count). The van der Waals surface area contributed by atoms with Crippen LogP contribution in [0.3, 0.4) is 0 Å². The summed E-state index contributed by atoms with van der Waals surface area (Å²) in [7, 11) is 9.40. The fourth-order valence-corrected chi connectivity index (χ4v) is 0. The van der Waals surface area contributed by atoms with Gasteiger partial charge in [0.1, 0.15) is 0 Å². The summed E-state index contributed by atoms with van der Waals surface area (Å²) in [6.45, 7) is 0. The second-order valence-electron chi connectivity index (χ2n) is 0.0452. The van der Waals surface area contributed by atoms with Crippen molar-refractivity contribution in [2.45, 2.75) is 0 Å². The van der Waals surface area contributed by atoms with Crippen molar-refractivity contribution in [2.24, 2.45) is 0 Å². The molecule has 0 spiro atoms. The molecule has 4 heavy (non-hydrogen) atoms. The fourth-order valence-electron chi connectivity index (χ4n) is 0. The summed E-state index contributed by atoms with van der Waals surface area (Å²) in [5.74, 6) is 0. The maximum absolute atomic E-state index is 4.70. The molecular weight excluding hydrogens is 153 g/mol. The Hall–Kier alpha value is 2.07. The maximum atomic E-state index is 4.70. The van der Waals surface area contributed by atoms with Gasteiger partial charge in [0.2, 0.25) is 0 Å². The first-order valence-electron chi connectivity index (χ1n) is 0.239. The van der Waals surface area contributed by atoms with Crippen LogP contribution in [0, 0.1) is 0 Å². The van der Waals surface area contributed by atoms with E-state index in [0.29, 0.717) is 12.7 Å². The average Bonchev–Trinajstić information content (AvgIpc) is 0.918. The van der Waals surface area contributed by atoms with Gasteiger partial charge in [0, 0.05) is 0 Å². The van der Waals surface area contributed by atoms with E-state index in [1.54, 1.807) is 0 Å². The Kier molecular flexibility index (Phi) is 21.0. The molecule has 0 aliphatic heterocycles. The van der Waals surface area contributed by atoms with Crippen LogP contribution in [-0.4, -0.2) is 0 Å². The number of halogens is 2. The second kappa shape index (κ2) is 8.91. The molecule has 0 unspecified atom stereocenters. The van der Waals surface area contributed by atoms with Gasteiger partial charge in [-0.25, -0.2) is 0 Å². The molecule has 0 aromatic carbocycles. The van der Waals surface area contributed by atoms with Gasteiger partial charge in [0.05, 0.1) is 0 Å². The van der Waals surface area contributed by atoms with Crippen molar-refractivity contribution in [3.8, 4) is 0 Å². The molecule has 0 aromatic rings. The normalized spacial score (nSPS) is 5.50. The zero-order valence-corrected chi connectivity index (χ0v) is 6.57. The molecule has 4 heteroatoms. The third kappa shape index (κ3) is 8.95. The SMILES string of the molecule is [Cl][Ni][Cl].[H-].[Na+]. The summed E-state index contributed by atoms with van der Waals surface area (Å²) >= 11 is 0.569. The maximum Gasteiger partial charge on any atom is 1.00 e. The van der Waals surface area contributed by atoms with Crippen molar-refractivity contribution in [2.75, 3.05) is 0 Å². The Morgan fingerprint density at radius 2 is 1.50 bits per heavy atom. The summed E-state index contributed by atoms with van der Waals surface area (Å²) in [5.41, 5.74) is 0. The Morgan fingerprint density at radius 1 is 1.50 bits per heavy atom. The second-order valence-corrected chi connectivity index (χ2v) is 1.68. The molecule has 0 heterocycles. The summed E-state index contributed by atoms with van der Waals surface area (Å²) in [4.78, 5) is 0. The third-order valence-electron chi connectivity index (χ3n) is 0. The Morgan fingerprint density at radius 3 is 1.50 bits per heavy atom. The third-order valence-corrected chi connectivity index (χ3v) is 0. The largest absolute Gasteiger partial charge is 1.00 e. The summed E-state index contributed by atoms with van der Waals surface area (Å²) in [6.07, 6.45) is 0. The van der Waals surface area contributed by atoms with E-state index in [4.69, 9.17) is 20.4 Å². The Bertz CT molecular complexity index is 9.61. The average molecular weight is 154 g/mol. The van der Waals surface area contributed by atoms with Gasteiger partial charge in [-0.1, -0.05) is 0 Å². The molecule has 0 amide bonds. The first-order valence-corrected chi connectivity index (χ1v) is 2.96. The van der Waals surface area contributed by atoms with Gasteiger partial charge < -0.3 is 1.43 Å². The van der Waals surface area contributed by atoms with Crippen LogP contribution in [0.4, 0.5) is 0 Å². The Balaban J connectivity index is -0.0000000200. The molecule has 26 valence electrons. The van der Waals surface area contributed by atoms with E-state index in [9.17, 15) is 0 Å². The van der Waals surface area contributed by atoms with E-state index in [-0.39, 0.29) is 31.0 Å². The molecule has 0 aromatic heterocycles. The van der Waals surface area contributed by atoms with Crippen LogP contribution >= 0.6 is 20.4 Å². The predicted octanol–water partition coefficient (Wildman–Crippen LogP) is -1.51. The predicted molar refractivity (Wildman–Crippen MR) is 12.8 cm³/mol. The summed E-state index contributed by atoms with van der Waals surface area (Å²) in [5, 5.41) is 0. The molecule has 0 aliphatic rings. The molecule has 0 nitrogen and oxygen atoms in total. The van der Waals surface area contributed by atoms with Crippen LogP contribution in [0.15, 0.2) is 0 Å². The minimum Gasteiger partial charge on any atom is -1.00 e. The standard InChI is InChI=1S/2ClH.Na.Ni.H/h2*1H;;;/q;;+1;+2;-1/p-2. The number of hydrogen-bond acceptors (Lipinski definition) is 0.